The van der Waals surface area contributed by atoms with Crippen molar-refractivity contribution >= 4 is 43.6 Å². The van der Waals surface area contributed by atoms with E-state index in [4.69, 9.17) is 0 Å². The number of fused-ring (bicyclic) bond motifs is 6. The Hall–Kier alpha value is -6.37. The van der Waals surface area contributed by atoms with Gasteiger partial charge in [0.15, 0.2) is 0 Å². The molecule has 0 aliphatic heterocycles. The Bertz CT molecular complexity index is 2560. The number of aromatic nitrogens is 2. The maximum Gasteiger partial charge on any atom is 0.0998 e. The van der Waals surface area contributed by atoms with E-state index in [1.165, 1.54) is 32.6 Å². The summed E-state index contributed by atoms with van der Waals surface area (Å²) in [5.41, 5.74) is 11.6. The summed E-state index contributed by atoms with van der Waals surface area (Å²) < 4.78 is 4.78. The third-order valence-corrected chi connectivity index (χ3v) is 9.20. The summed E-state index contributed by atoms with van der Waals surface area (Å²) in [5, 5.41) is 14.9. The average molecular weight is 586 g/mol. The second-order valence-electron chi connectivity index (χ2n) is 11.6. The first-order valence-corrected chi connectivity index (χ1v) is 15.5. The van der Waals surface area contributed by atoms with Gasteiger partial charge in [0.2, 0.25) is 0 Å². The van der Waals surface area contributed by atoms with Crippen LogP contribution in [0.2, 0.25) is 0 Å². The smallest absolute Gasteiger partial charge is 0.0998 e. The van der Waals surface area contributed by atoms with Crippen LogP contribution in [0.5, 0.6) is 0 Å². The molecule has 0 radical (unpaired) electrons. The highest BCUT2D eigenvalue weighted by atomic mass is 15.0. The molecule has 9 rings (SSSR count). The van der Waals surface area contributed by atoms with Crippen molar-refractivity contribution in [3.05, 3.63) is 169 Å². The van der Waals surface area contributed by atoms with Crippen molar-refractivity contribution < 1.29 is 0 Å². The van der Waals surface area contributed by atoms with Crippen LogP contribution >= 0.6 is 0 Å². The maximum absolute atomic E-state index is 10.0. The predicted molar refractivity (Wildman–Crippen MR) is 191 cm³/mol. The summed E-state index contributed by atoms with van der Waals surface area (Å²) in [6.45, 7) is 0. The summed E-state index contributed by atoms with van der Waals surface area (Å²) in [4.78, 5) is 0. The van der Waals surface area contributed by atoms with Crippen LogP contribution in [-0.2, 0) is 0 Å². The summed E-state index contributed by atoms with van der Waals surface area (Å²) in [7, 11) is 0. The molecule has 0 atom stereocenters. The first-order valence-electron chi connectivity index (χ1n) is 15.5. The highest BCUT2D eigenvalue weighted by molar-refractivity contribution is 6.11. The van der Waals surface area contributed by atoms with Crippen molar-refractivity contribution in [1.82, 2.24) is 9.13 Å². The Morgan fingerprint density at radius 1 is 0.370 bits per heavy atom. The molecule has 7 aromatic carbocycles. The third-order valence-electron chi connectivity index (χ3n) is 9.20. The van der Waals surface area contributed by atoms with Crippen molar-refractivity contribution in [2.45, 2.75) is 0 Å². The normalized spacial score (nSPS) is 11.5. The molecule has 3 heteroatoms. The largest absolute Gasteiger partial charge is 0.309 e. The lowest BCUT2D eigenvalue weighted by Crippen LogP contribution is -2.02. The molecule has 0 saturated carbocycles. The molecule has 0 fully saturated rings. The first-order chi connectivity index (χ1) is 22.8. The van der Waals surface area contributed by atoms with Crippen molar-refractivity contribution in [2.24, 2.45) is 0 Å². The third kappa shape index (κ3) is 3.84. The van der Waals surface area contributed by atoms with Crippen molar-refractivity contribution in [2.75, 3.05) is 0 Å². The highest BCUT2D eigenvalue weighted by Crippen LogP contribution is 2.42. The van der Waals surface area contributed by atoms with Gasteiger partial charge in [-0.2, -0.15) is 5.26 Å². The zero-order valence-corrected chi connectivity index (χ0v) is 24.9. The van der Waals surface area contributed by atoms with E-state index in [9.17, 15) is 5.26 Å². The van der Waals surface area contributed by atoms with Gasteiger partial charge in [-0.15, -0.1) is 0 Å². The van der Waals surface area contributed by atoms with Gasteiger partial charge in [-0.25, -0.2) is 0 Å². The molecule has 0 saturated heterocycles. The van der Waals surface area contributed by atoms with Gasteiger partial charge in [0.1, 0.15) is 0 Å². The lowest BCUT2D eigenvalue weighted by atomic mass is 9.91. The van der Waals surface area contributed by atoms with E-state index in [2.05, 4.69) is 155 Å². The van der Waals surface area contributed by atoms with E-state index >= 15 is 0 Å². The fourth-order valence-corrected chi connectivity index (χ4v) is 7.22. The minimum Gasteiger partial charge on any atom is -0.309 e. The fourth-order valence-electron chi connectivity index (χ4n) is 7.22. The van der Waals surface area contributed by atoms with Crippen LogP contribution in [0.1, 0.15) is 5.56 Å². The zero-order valence-electron chi connectivity index (χ0n) is 24.9. The van der Waals surface area contributed by atoms with Gasteiger partial charge in [0.25, 0.3) is 0 Å². The maximum atomic E-state index is 10.0. The quantitative estimate of drug-likeness (QED) is 0.202. The van der Waals surface area contributed by atoms with Gasteiger partial charge in [-0.3, -0.25) is 0 Å². The van der Waals surface area contributed by atoms with Crippen LogP contribution in [-0.4, -0.2) is 9.13 Å². The van der Waals surface area contributed by atoms with E-state index in [1.54, 1.807) is 0 Å². The highest BCUT2D eigenvalue weighted by Gasteiger charge is 2.20. The Morgan fingerprint density at radius 3 is 1.30 bits per heavy atom. The Labute approximate surface area is 266 Å². The second kappa shape index (κ2) is 10.4. The Morgan fingerprint density at radius 2 is 0.783 bits per heavy atom. The van der Waals surface area contributed by atoms with Crippen molar-refractivity contribution in [1.29, 1.82) is 5.26 Å². The van der Waals surface area contributed by atoms with Crippen LogP contribution in [0.25, 0.3) is 77.2 Å². The molecular weight excluding hydrogens is 558 g/mol. The fraction of sp³-hybridized carbons (Fsp3) is 0. The molecule has 0 unspecified atom stereocenters. The lowest BCUT2D eigenvalue weighted by molar-refractivity contribution is 1.14. The van der Waals surface area contributed by atoms with E-state index in [0.29, 0.717) is 5.56 Å². The summed E-state index contributed by atoms with van der Waals surface area (Å²) in [6, 6.07) is 60.1. The van der Waals surface area contributed by atoms with E-state index in [1.807, 2.05) is 24.3 Å². The molecule has 46 heavy (non-hydrogen) atoms. The molecule has 214 valence electrons. The van der Waals surface area contributed by atoms with E-state index in [-0.39, 0.29) is 0 Å². The molecule has 0 N–H and O–H groups in total. The molecule has 2 aromatic heterocycles. The van der Waals surface area contributed by atoms with Crippen LogP contribution in [0.15, 0.2) is 164 Å². The van der Waals surface area contributed by atoms with Gasteiger partial charge in [-0.1, -0.05) is 121 Å². The van der Waals surface area contributed by atoms with Crippen molar-refractivity contribution in [3.63, 3.8) is 0 Å². The van der Waals surface area contributed by atoms with Crippen LogP contribution < -0.4 is 0 Å². The SMILES string of the molecule is N#Cc1ccccc1-c1ccccc1-c1ccc(-n2c3ccccc3c3ccccc32)cc1-n1c2ccccc2c2ccccc21. The van der Waals surface area contributed by atoms with Crippen molar-refractivity contribution in [3.8, 4) is 39.7 Å². The topological polar surface area (TPSA) is 33.6 Å². The molecule has 0 spiro atoms. The number of benzene rings is 7. The van der Waals surface area contributed by atoms with Crippen LogP contribution in [0.3, 0.4) is 0 Å². The standard InChI is InChI=1S/C43H27N3/c44-28-29-13-1-2-14-31(29)32-15-3-4-16-33(32)38-26-25-30(45-39-21-9-5-17-34(39)35-18-6-10-22-40(35)45)27-43(38)46-41-23-11-7-19-36(41)37-20-8-12-24-42(37)46/h1-27H. The van der Waals surface area contributed by atoms with Gasteiger partial charge < -0.3 is 9.13 Å². The molecule has 9 aromatic rings. The molecule has 0 aliphatic rings. The number of hydrogen-bond acceptors (Lipinski definition) is 1. The van der Waals surface area contributed by atoms with Gasteiger partial charge in [0.05, 0.1) is 39.4 Å². The summed E-state index contributed by atoms with van der Waals surface area (Å²) >= 11 is 0. The number of rotatable bonds is 4. The molecule has 3 nitrogen and oxygen atoms in total. The van der Waals surface area contributed by atoms with Gasteiger partial charge in [0, 0.05) is 38.4 Å². The molecule has 0 aliphatic carbocycles. The Kier molecular flexibility index (Phi) is 5.88. The van der Waals surface area contributed by atoms with Crippen LogP contribution in [0.4, 0.5) is 0 Å². The minimum absolute atomic E-state index is 0.662. The lowest BCUT2D eigenvalue weighted by Gasteiger charge is -2.19. The first kappa shape index (κ1) is 26.1. The van der Waals surface area contributed by atoms with E-state index in [0.717, 1.165) is 44.7 Å². The Balaban J connectivity index is 1.41. The summed E-state index contributed by atoms with van der Waals surface area (Å²) in [5.74, 6) is 0. The number of nitriles is 1. The molecular formula is C43H27N3. The van der Waals surface area contributed by atoms with Gasteiger partial charge >= 0.3 is 0 Å². The minimum atomic E-state index is 0.662. The van der Waals surface area contributed by atoms with E-state index < -0.39 is 0 Å². The van der Waals surface area contributed by atoms with Gasteiger partial charge in [-0.05, 0) is 53.6 Å². The second-order valence-corrected chi connectivity index (χ2v) is 11.6. The summed E-state index contributed by atoms with van der Waals surface area (Å²) in [6.07, 6.45) is 0. The predicted octanol–water partition coefficient (Wildman–Crippen LogP) is 11.1. The number of nitrogens with zero attached hydrogens (tertiary/aromatic N) is 3. The number of para-hydroxylation sites is 4. The zero-order chi connectivity index (χ0) is 30.6. The molecule has 0 amide bonds. The number of hydrogen-bond donors (Lipinski definition) is 0. The molecule has 2 heterocycles. The monoisotopic (exact) mass is 585 g/mol. The van der Waals surface area contributed by atoms with Crippen LogP contribution in [0, 0.1) is 11.3 Å². The molecule has 0 bridgehead atoms. The average Bonchev–Trinajstić information content (AvgIpc) is 3.64.